The summed E-state index contributed by atoms with van der Waals surface area (Å²) in [5.74, 6) is -1.74. The lowest BCUT2D eigenvalue weighted by Crippen LogP contribution is -2.43. The van der Waals surface area contributed by atoms with Crippen molar-refractivity contribution in [3.05, 3.63) is 29.8 Å². The van der Waals surface area contributed by atoms with E-state index in [9.17, 15) is 14.4 Å². The number of hydrogen-bond acceptors (Lipinski definition) is 5. The molecule has 1 heterocycles. The van der Waals surface area contributed by atoms with Gasteiger partial charge in [0.25, 0.3) is 5.91 Å². The van der Waals surface area contributed by atoms with Gasteiger partial charge >= 0.3 is 5.97 Å². The van der Waals surface area contributed by atoms with Crippen molar-refractivity contribution in [1.29, 1.82) is 0 Å². The predicted octanol–water partition coefficient (Wildman–Crippen LogP) is -0.195. The van der Waals surface area contributed by atoms with E-state index in [1.54, 1.807) is 13.0 Å². The number of carbonyl (C=O) groups is 3. The second kappa shape index (κ2) is 9.03. The summed E-state index contributed by atoms with van der Waals surface area (Å²) in [7, 11) is 0. The molecule has 1 aromatic rings. The standard InChI is InChI=1S/C17H24N4O4/c1-12(9-16(23)24)20-15(22)11-19-17(25)13-3-2-4-14(10-13)21-7-5-18-6-8-21/h2-4,10,12,18H,5-9,11H2,1H3,(H,19,25)(H,20,22)(H,23,24). The van der Waals surface area contributed by atoms with E-state index >= 15 is 0 Å². The summed E-state index contributed by atoms with van der Waals surface area (Å²) in [6, 6.07) is 6.80. The van der Waals surface area contributed by atoms with E-state index in [4.69, 9.17) is 5.11 Å². The van der Waals surface area contributed by atoms with Crippen LogP contribution in [-0.4, -0.2) is 61.7 Å². The fourth-order valence-corrected chi connectivity index (χ4v) is 2.67. The van der Waals surface area contributed by atoms with Crippen LogP contribution < -0.4 is 20.9 Å². The van der Waals surface area contributed by atoms with Crippen molar-refractivity contribution in [2.45, 2.75) is 19.4 Å². The number of hydrogen-bond donors (Lipinski definition) is 4. The molecule has 1 saturated heterocycles. The summed E-state index contributed by atoms with van der Waals surface area (Å²) in [5, 5.41) is 17.0. The van der Waals surface area contributed by atoms with Crippen molar-refractivity contribution in [2.75, 3.05) is 37.6 Å². The van der Waals surface area contributed by atoms with Gasteiger partial charge in [0.05, 0.1) is 13.0 Å². The number of carboxylic acid groups (broad SMARTS) is 1. The van der Waals surface area contributed by atoms with Gasteiger partial charge in [-0.15, -0.1) is 0 Å². The molecule has 1 aromatic carbocycles. The summed E-state index contributed by atoms with van der Waals surface area (Å²) in [6.45, 7) is 4.99. The molecule has 8 heteroatoms. The van der Waals surface area contributed by atoms with Gasteiger partial charge < -0.3 is 26.0 Å². The Morgan fingerprint density at radius 2 is 2.00 bits per heavy atom. The third kappa shape index (κ3) is 6.07. The number of amides is 2. The summed E-state index contributed by atoms with van der Waals surface area (Å²) in [6.07, 6.45) is -0.160. The fourth-order valence-electron chi connectivity index (χ4n) is 2.67. The van der Waals surface area contributed by atoms with Crippen LogP contribution in [0.3, 0.4) is 0 Å². The number of rotatable bonds is 7. The number of anilines is 1. The van der Waals surface area contributed by atoms with Gasteiger partial charge in [0.15, 0.2) is 0 Å². The number of carboxylic acids is 1. The molecule has 1 aliphatic heterocycles. The Labute approximate surface area is 146 Å². The smallest absolute Gasteiger partial charge is 0.305 e. The van der Waals surface area contributed by atoms with E-state index in [2.05, 4.69) is 20.9 Å². The summed E-state index contributed by atoms with van der Waals surface area (Å²) >= 11 is 0. The van der Waals surface area contributed by atoms with E-state index in [0.29, 0.717) is 5.56 Å². The minimum absolute atomic E-state index is 0.160. The zero-order valence-electron chi connectivity index (χ0n) is 14.2. The van der Waals surface area contributed by atoms with E-state index in [1.165, 1.54) is 0 Å². The predicted molar refractivity (Wildman–Crippen MR) is 93.7 cm³/mol. The Hall–Kier alpha value is -2.61. The van der Waals surface area contributed by atoms with Crippen molar-refractivity contribution >= 4 is 23.5 Å². The van der Waals surface area contributed by atoms with Gasteiger partial charge in [0.1, 0.15) is 0 Å². The number of carbonyl (C=O) groups excluding carboxylic acids is 2. The topological polar surface area (TPSA) is 111 Å². The molecule has 8 nitrogen and oxygen atoms in total. The number of nitrogens with zero attached hydrogens (tertiary/aromatic N) is 1. The number of aliphatic carboxylic acids is 1. The Morgan fingerprint density at radius 3 is 2.68 bits per heavy atom. The van der Waals surface area contributed by atoms with Crippen molar-refractivity contribution < 1.29 is 19.5 Å². The van der Waals surface area contributed by atoms with Crippen LogP contribution in [0.5, 0.6) is 0 Å². The second-order valence-corrected chi connectivity index (χ2v) is 6.04. The highest BCUT2D eigenvalue weighted by molar-refractivity contribution is 5.97. The first-order valence-corrected chi connectivity index (χ1v) is 8.31. The van der Waals surface area contributed by atoms with Crippen LogP contribution in [-0.2, 0) is 9.59 Å². The monoisotopic (exact) mass is 348 g/mol. The summed E-state index contributed by atoms with van der Waals surface area (Å²) < 4.78 is 0. The molecule has 1 fully saturated rings. The lowest BCUT2D eigenvalue weighted by Gasteiger charge is -2.29. The largest absolute Gasteiger partial charge is 0.481 e. The minimum atomic E-state index is -0.985. The van der Waals surface area contributed by atoms with Gasteiger partial charge in [-0.05, 0) is 25.1 Å². The number of nitrogens with one attached hydrogen (secondary N) is 3. The lowest BCUT2D eigenvalue weighted by molar-refractivity contribution is -0.137. The molecule has 0 saturated carbocycles. The molecule has 0 spiro atoms. The summed E-state index contributed by atoms with van der Waals surface area (Å²) in [4.78, 5) is 36.8. The minimum Gasteiger partial charge on any atom is -0.481 e. The number of benzene rings is 1. The molecule has 0 radical (unpaired) electrons. The van der Waals surface area contributed by atoms with Crippen molar-refractivity contribution in [3.8, 4) is 0 Å². The van der Waals surface area contributed by atoms with E-state index in [1.807, 2.05) is 18.2 Å². The van der Waals surface area contributed by atoms with Gasteiger partial charge in [-0.25, -0.2) is 0 Å². The molecule has 0 aromatic heterocycles. The maximum Gasteiger partial charge on any atom is 0.305 e. The third-order valence-corrected chi connectivity index (χ3v) is 3.89. The maximum atomic E-state index is 12.2. The molecule has 136 valence electrons. The Bertz CT molecular complexity index is 629. The fraction of sp³-hybridized carbons (Fsp3) is 0.471. The quantitative estimate of drug-likeness (QED) is 0.543. The molecule has 0 aliphatic carbocycles. The second-order valence-electron chi connectivity index (χ2n) is 6.04. The zero-order chi connectivity index (χ0) is 18.2. The molecule has 2 amide bonds. The molecule has 4 N–H and O–H groups in total. The molecule has 1 atom stereocenters. The van der Waals surface area contributed by atoms with Crippen molar-refractivity contribution in [3.63, 3.8) is 0 Å². The van der Waals surface area contributed by atoms with Crippen LogP contribution in [0, 0.1) is 0 Å². The summed E-state index contributed by atoms with van der Waals surface area (Å²) in [5.41, 5.74) is 1.47. The van der Waals surface area contributed by atoms with Gasteiger partial charge in [-0.1, -0.05) is 6.07 Å². The van der Waals surface area contributed by atoms with E-state index in [-0.39, 0.29) is 18.9 Å². The van der Waals surface area contributed by atoms with Gasteiger partial charge in [-0.3, -0.25) is 14.4 Å². The molecule has 0 bridgehead atoms. The SMILES string of the molecule is CC(CC(=O)O)NC(=O)CNC(=O)c1cccc(N2CCNCC2)c1. The van der Waals surface area contributed by atoms with Crippen LogP contribution in [0.25, 0.3) is 0 Å². The first-order valence-electron chi connectivity index (χ1n) is 8.31. The highest BCUT2D eigenvalue weighted by Crippen LogP contribution is 2.16. The molecule has 25 heavy (non-hydrogen) atoms. The van der Waals surface area contributed by atoms with Crippen LogP contribution in [0.2, 0.25) is 0 Å². The molecular formula is C17H24N4O4. The first-order chi connectivity index (χ1) is 12.0. The normalized spacial score (nSPS) is 15.3. The number of piperazine rings is 1. The van der Waals surface area contributed by atoms with Gasteiger partial charge in [0, 0.05) is 43.5 Å². The van der Waals surface area contributed by atoms with Crippen LogP contribution in [0.4, 0.5) is 5.69 Å². The molecular weight excluding hydrogens is 324 g/mol. The molecule has 1 unspecified atom stereocenters. The van der Waals surface area contributed by atoms with E-state index < -0.39 is 17.9 Å². The zero-order valence-corrected chi connectivity index (χ0v) is 14.2. The molecule has 2 rings (SSSR count). The Balaban J connectivity index is 1.86. The van der Waals surface area contributed by atoms with Crippen LogP contribution in [0.1, 0.15) is 23.7 Å². The Morgan fingerprint density at radius 1 is 1.28 bits per heavy atom. The molecule has 1 aliphatic rings. The van der Waals surface area contributed by atoms with E-state index in [0.717, 1.165) is 31.9 Å². The van der Waals surface area contributed by atoms with Crippen LogP contribution in [0.15, 0.2) is 24.3 Å². The van der Waals surface area contributed by atoms with Crippen LogP contribution >= 0.6 is 0 Å². The van der Waals surface area contributed by atoms with Crippen molar-refractivity contribution in [2.24, 2.45) is 0 Å². The highest BCUT2D eigenvalue weighted by atomic mass is 16.4. The maximum absolute atomic E-state index is 12.2. The first kappa shape index (κ1) is 18.7. The van der Waals surface area contributed by atoms with Crippen molar-refractivity contribution in [1.82, 2.24) is 16.0 Å². The average Bonchev–Trinajstić information content (AvgIpc) is 2.59. The average molecular weight is 348 g/mol. The lowest BCUT2D eigenvalue weighted by atomic mass is 10.1. The third-order valence-electron chi connectivity index (χ3n) is 3.89. The van der Waals surface area contributed by atoms with Gasteiger partial charge in [-0.2, -0.15) is 0 Å². The highest BCUT2D eigenvalue weighted by Gasteiger charge is 2.15. The Kier molecular flexibility index (Phi) is 6.76. The van der Waals surface area contributed by atoms with Gasteiger partial charge in [0.2, 0.25) is 5.91 Å².